The predicted molar refractivity (Wildman–Crippen MR) is 77.6 cm³/mol. The van der Waals surface area contributed by atoms with Crippen LogP contribution in [0.25, 0.3) is 0 Å². The molecule has 7 nitrogen and oxygen atoms in total. The van der Waals surface area contributed by atoms with Crippen LogP contribution in [0.15, 0.2) is 17.2 Å². The first-order valence-corrected chi connectivity index (χ1v) is 8.31. The second kappa shape index (κ2) is 7.58. The normalized spacial score (nSPS) is 11.9. The first-order chi connectivity index (χ1) is 9.77. The summed E-state index contributed by atoms with van der Waals surface area (Å²) in [6.45, 7) is 6.67. The number of aromatic nitrogens is 1. The zero-order valence-corrected chi connectivity index (χ0v) is 13.4. The molecular weight excluding hydrogens is 296 g/mol. The fourth-order valence-corrected chi connectivity index (χ4v) is 2.25. The van der Waals surface area contributed by atoms with Gasteiger partial charge in [0.1, 0.15) is 17.2 Å². The summed E-state index contributed by atoms with van der Waals surface area (Å²) in [6.07, 6.45) is 2.23. The molecule has 0 unspecified atom stereocenters. The van der Waals surface area contributed by atoms with Gasteiger partial charge in [-0.2, -0.15) is 0 Å². The number of carbonyl (C=O) groups is 1. The van der Waals surface area contributed by atoms with Gasteiger partial charge in [0, 0.05) is 18.8 Å². The van der Waals surface area contributed by atoms with E-state index in [1.165, 1.54) is 16.8 Å². The molecule has 1 rings (SSSR count). The number of carbonyl (C=O) groups excluding carboxylic acids is 1. The van der Waals surface area contributed by atoms with Gasteiger partial charge in [0.05, 0.1) is 6.61 Å². The highest BCUT2D eigenvalue weighted by atomic mass is 32.2. The molecule has 0 radical (unpaired) electrons. The summed E-state index contributed by atoms with van der Waals surface area (Å²) in [5, 5.41) is 5.08. The van der Waals surface area contributed by atoms with Gasteiger partial charge in [-0.15, -0.1) is 0 Å². The molecule has 1 aromatic rings. The Balaban J connectivity index is 2.81. The molecule has 120 valence electrons. The molecule has 0 bridgehead atoms. The molecule has 0 saturated carbocycles. The van der Waals surface area contributed by atoms with Gasteiger partial charge in [-0.05, 0) is 26.3 Å². The van der Waals surface area contributed by atoms with Crippen LogP contribution in [0, 0.1) is 0 Å². The Labute approximate surface area is 125 Å². The van der Waals surface area contributed by atoms with E-state index in [0.29, 0.717) is 13.2 Å². The van der Waals surface area contributed by atoms with Gasteiger partial charge in [-0.1, -0.05) is 6.92 Å². The molecule has 0 atom stereocenters. The third-order valence-corrected chi connectivity index (χ3v) is 3.61. The number of sulfonamides is 1. The van der Waals surface area contributed by atoms with Crippen molar-refractivity contribution in [3.63, 3.8) is 0 Å². The monoisotopic (exact) mass is 318 g/mol. The van der Waals surface area contributed by atoms with Crippen molar-refractivity contribution in [2.75, 3.05) is 19.8 Å². The maximum Gasteiger partial charge on any atom is 0.355 e. The van der Waals surface area contributed by atoms with E-state index in [-0.39, 0.29) is 23.2 Å². The van der Waals surface area contributed by atoms with Crippen molar-refractivity contribution >= 4 is 16.0 Å². The molecule has 0 aliphatic rings. The number of primary sulfonamides is 1. The summed E-state index contributed by atoms with van der Waals surface area (Å²) in [7, 11) is -3.86. The van der Waals surface area contributed by atoms with Crippen molar-refractivity contribution in [2.45, 2.75) is 38.1 Å². The summed E-state index contributed by atoms with van der Waals surface area (Å²) in [5.41, 5.74) is 0.157. The number of ether oxygens (including phenoxy) is 2. The third kappa shape index (κ3) is 5.14. The lowest BCUT2D eigenvalue weighted by Crippen LogP contribution is -2.15. The number of hydrogen-bond acceptors (Lipinski definition) is 5. The molecule has 8 heteroatoms. The highest BCUT2D eigenvalue weighted by molar-refractivity contribution is 7.89. The Kier molecular flexibility index (Phi) is 6.38. The quantitative estimate of drug-likeness (QED) is 0.575. The summed E-state index contributed by atoms with van der Waals surface area (Å²) < 4.78 is 34.5. The van der Waals surface area contributed by atoms with Crippen LogP contribution in [-0.4, -0.2) is 38.8 Å². The molecule has 1 aromatic heterocycles. The fraction of sp³-hybridized carbons (Fsp3) is 0.615. The van der Waals surface area contributed by atoms with Crippen molar-refractivity contribution in [2.24, 2.45) is 5.14 Å². The van der Waals surface area contributed by atoms with Gasteiger partial charge >= 0.3 is 5.97 Å². The molecule has 0 saturated heterocycles. The van der Waals surface area contributed by atoms with E-state index in [9.17, 15) is 13.2 Å². The minimum Gasteiger partial charge on any atom is -0.459 e. The maximum absolute atomic E-state index is 12.0. The number of esters is 1. The van der Waals surface area contributed by atoms with Crippen LogP contribution in [0.3, 0.4) is 0 Å². The molecule has 0 aromatic carbocycles. The Hall–Kier alpha value is -1.38. The lowest BCUT2D eigenvalue weighted by atomic mass is 10.3. The van der Waals surface area contributed by atoms with Gasteiger partial charge < -0.3 is 14.0 Å². The minimum atomic E-state index is -3.86. The summed E-state index contributed by atoms with van der Waals surface area (Å²) in [6, 6.07) is 1.13. The molecule has 0 aliphatic carbocycles. The van der Waals surface area contributed by atoms with Crippen molar-refractivity contribution in [3.8, 4) is 0 Å². The number of hydrogen-bond donors (Lipinski definition) is 1. The Morgan fingerprint density at radius 1 is 1.33 bits per heavy atom. The SMILES string of the molecule is CCCOCCOC(=O)c1cc(S(N)(=O)=O)cn1C(C)C. The molecule has 2 N–H and O–H groups in total. The van der Waals surface area contributed by atoms with E-state index in [1.807, 2.05) is 20.8 Å². The van der Waals surface area contributed by atoms with E-state index < -0.39 is 16.0 Å². The first-order valence-electron chi connectivity index (χ1n) is 6.77. The summed E-state index contributed by atoms with van der Waals surface area (Å²) in [5.74, 6) is -0.598. The minimum absolute atomic E-state index is 0.0978. The van der Waals surface area contributed by atoms with E-state index in [1.54, 1.807) is 0 Å². The third-order valence-electron chi connectivity index (χ3n) is 2.73. The van der Waals surface area contributed by atoms with Gasteiger partial charge in [-0.3, -0.25) is 0 Å². The fourth-order valence-electron chi connectivity index (χ4n) is 1.71. The predicted octanol–water partition coefficient (Wildman–Crippen LogP) is 1.30. The van der Waals surface area contributed by atoms with Crippen molar-refractivity contribution < 1.29 is 22.7 Å². The Morgan fingerprint density at radius 2 is 2.00 bits per heavy atom. The van der Waals surface area contributed by atoms with Gasteiger partial charge in [0.15, 0.2) is 0 Å². The highest BCUT2D eigenvalue weighted by Crippen LogP contribution is 2.18. The highest BCUT2D eigenvalue weighted by Gasteiger charge is 2.21. The van der Waals surface area contributed by atoms with Crippen LogP contribution in [0.4, 0.5) is 0 Å². The number of nitrogens with zero attached hydrogens (tertiary/aromatic N) is 1. The second-order valence-corrected chi connectivity index (χ2v) is 6.42. The number of nitrogens with two attached hydrogens (primary N) is 1. The van der Waals surface area contributed by atoms with Crippen LogP contribution in [0.2, 0.25) is 0 Å². The molecular formula is C13H22N2O5S. The smallest absolute Gasteiger partial charge is 0.355 e. The molecule has 0 aliphatic heterocycles. The largest absolute Gasteiger partial charge is 0.459 e. The van der Waals surface area contributed by atoms with Crippen molar-refractivity contribution in [1.29, 1.82) is 0 Å². The van der Waals surface area contributed by atoms with Crippen LogP contribution >= 0.6 is 0 Å². The lowest BCUT2D eigenvalue weighted by Gasteiger charge is -2.12. The molecule has 0 fully saturated rings. The van der Waals surface area contributed by atoms with Crippen LogP contribution < -0.4 is 5.14 Å². The lowest BCUT2D eigenvalue weighted by molar-refractivity contribution is 0.0307. The van der Waals surface area contributed by atoms with E-state index in [4.69, 9.17) is 14.6 Å². The zero-order chi connectivity index (χ0) is 16.0. The Bertz CT molecular complexity index is 577. The molecule has 0 spiro atoms. The van der Waals surface area contributed by atoms with Gasteiger partial charge in [0.25, 0.3) is 0 Å². The molecule has 1 heterocycles. The standard InChI is InChI=1S/C13H22N2O5S/c1-4-5-19-6-7-20-13(16)12-8-11(21(14,17)18)9-15(12)10(2)3/h8-10H,4-7H2,1-3H3,(H2,14,17,18). The summed E-state index contributed by atoms with van der Waals surface area (Å²) in [4.78, 5) is 11.9. The van der Waals surface area contributed by atoms with Crippen LogP contribution in [0.1, 0.15) is 43.7 Å². The van der Waals surface area contributed by atoms with Gasteiger partial charge in [-0.25, -0.2) is 18.4 Å². The van der Waals surface area contributed by atoms with Crippen molar-refractivity contribution in [1.82, 2.24) is 4.57 Å². The van der Waals surface area contributed by atoms with E-state index in [0.717, 1.165) is 6.42 Å². The topological polar surface area (TPSA) is 101 Å². The molecule has 21 heavy (non-hydrogen) atoms. The molecule has 0 amide bonds. The second-order valence-electron chi connectivity index (χ2n) is 4.86. The van der Waals surface area contributed by atoms with E-state index in [2.05, 4.69) is 0 Å². The maximum atomic E-state index is 12.0. The van der Waals surface area contributed by atoms with Crippen molar-refractivity contribution in [3.05, 3.63) is 18.0 Å². The van der Waals surface area contributed by atoms with E-state index >= 15 is 0 Å². The number of rotatable bonds is 8. The van der Waals surface area contributed by atoms with Crippen LogP contribution in [-0.2, 0) is 19.5 Å². The average Bonchev–Trinajstić information content (AvgIpc) is 2.83. The first kappa shape index (κ1) is 17.7. The Morgan fingerprint density at radius 3 is 2.52 bits per heavy atom. The average molecular weight is 318 g/mol. The summed E-state index contributed by atoms with van der Waals surface area (Å²) >= 11 is 0. The van der Waals surface area contributed by atoms with Gasteiger partial charge in [0.2, 0.25) is 10.0 Å². The van der Waals surface area contributed by atoms with Crippen LogP contribution in [0.5, 0.6) is 0 Å². The zero-order valence-electron chi connectivity index (χ0n) is 12.5.